The molecule has 0 aliphatic rings. The van der Waals surface area contributed by atoms with Crippen molar-refractivity contribution < 1.29 is 14.6 Å². The van der Waals surface area contributed by atoms with Gasteiger partial charge < -0.3 is 9.84 Å². The lowest BCUT2D eigenvalue weighted by atomic mass is 9.80. The van der Waals surface area contributed by atoms with Crippen molar-refractivity contribution in [2.45, 2.75) is 45.1 Å². The van der Waals surface area contributed by atoms with Crippen LogP contribution in [0.4, 0.5) is 0 Å². The summed E-state index contributed by atoms with van der Waals surface area (Å²) in [5, 5.41) is 9.65. The third kappa shape index (κ3) is 4.96. The van der Waals surface area contributed by atoms with Crippen LogP contribution in [0.3, 0.4) is 0 Å². The maximum absolute atomic E-state index is 11.9. The van der Waals surface area contributed by atoms with E-state index in [9.17, 15) is 9.90 Å². The first kappa shape index (κ1) is 16.2. The molecule has 0 aliphatic heterocycles. The Kier molecular flexibility index (Phi) is 5.16. The lowest BCUT2D eigenvalue weighted by Gasteiger charge is -2.29. The molecule has 0 heterocycles. The monoisotopic (exact) mass is 328 g/mol. The van der Waals surface area contributed by atoms with Crippen molar-refractivity contribution in [2.75, 3.05) is 6.61 Å². The first-order valence-corrected chi connectivity index (χ1v) is 7.04. The second-order valence-corrected chi connectivity index (χ2v) is 6.91. The van der Waals surface area contributed by atoms with Crippen LogP contribution < -0.4 is 0 Å². The van der Waals surface area contributed by atoms with Crippen LogP contribution >= 0.6 is 15.9 Å². The van der Waals surface area contributed by atoms with Gasteiger partial charge in [0.15, 0.2) is 0 Å². The van der Waals surface area contributed by atoms with Gasteiger partial charge in [0.2, 0.25) is 0 Å². The quantitative estimate of drug-likeness (QED) is 0.861. The van der Waals surface area contributed by atoms with Gasteiger partial charge in [-0.25, -0.2) is 0 Å². The summed E-state index contributed by atoms with van der Waals surface area (Å²) in [4.78, 5) is 11.9. The van der Waals surface area contributed by atoms with Crippen LogP contribution in [0.2, 0.25) is 0 Å². The van der Waals surface area contributed by atoms with Gasteiger partial charge in [-0.15, -0.1) is 0 Å². The molecular formula is C15H21BrO3. The Balaban J connectivity index is 2.90. The topological polar surface area (TPSA) is 46.5 Å². The summed E-state index contributed by atoms with van der Waals surface area (Å²) in [6.45, 7) is 7.25. The summed E-state index contributed by atoms with van der Waals surface area (Å²) in [7, 11) is 0. The molecule has 0 bridgehead atoms. The van der Waals surface area contributed by atoms with Crippen molar-refractivity contribution in [1.82, 2.24) is 0 Å². The molecule has 0 fully saturated rings. The number of hydrogen-bond donors (Lipinski definition) is 1. The molecule has 1 rings (SSSR count). The third-order valence-corrected chi connectivity index (χ3v) is 3.32. The smallest absolute Gasteiger partial charge is 0.307 e. The van der Waals surface area contributed by atoms with E-state index in [1.807, 2.05) is 52.0 Å². The normalized spacial score (nSPS) is 14.8. The molecular weight excluding hydrogens is 308 g/mol. The van der Waals surface area contributed by atoms with Crippen LogP contribution in [-0.2, 0) is 14.9 Å². The average Bonchev–Trinajstić information content (AvgIpc) is 2.26. The number of esters is 1. The van der Waals surface area contributed by atoms with Gasteiger partial charge in [-0.3, -0.25) is 4.79 Å². The average molecular weight is 329 g/mol. The van der Waals surface area contributed by atoms with E-state index in [1.54, 1.807) is 0 Å². The Labute approximate surface area is 123 Å². The SMILES string of the molecule is CC(C)(C)OC(=O)CC(C)(CO)c1cccc(Br)c1. The zero-order valence-electron chi connectivity index (χ0n) is 11.9. The van der Waals surface area contributed by atoms with Crippen molar-refractivity contribution in [1.29, 1.82) is 0 Å². The van der Waals surface area contributed by atoms with E-state index in [2.05, 4.69) is 15.9 Å². The second kappa shape index (κ2) is 6.06. The molecule has 0 saturated heterocycles. The highest BCUT2D eigenvalue weighted by atomic mass is 79.9. The minimum Gasteiger partial charge on any atom is -0.460 e. The number of halogens is 1. The first-order chi connectivity index (χ1) is 8.66. The summed E-state index contributed by atoms with van der Waals surface area (Å²) in [5.41, 5.74) is -0.230. The van der Waals surface area contributed by atoms with Crippen molar-refractivity contribution in [3.8, 4) is 0 Å². The maximum atomic E-state index is 11.9. The highest BCUT2D eigenvalue weighted by Gasteiger charge is 2.31. The predicted octanol–water partition coefficient (Wildman–Crippen LogP) is 3.43. The summed E-state index contributed by atoms with van der Waals surface area (Å²) in [6, 6.07) is 7.63. The zero-order chi connectivity index (χ0) is 14.7. The highest BCUT2D eigenvalue weighted by molar-refractivity contribution is 9.10. The fraction of sp³-hybridized carbons (Fsp3) is 0.533. The van der Waals surface area contributed by atoms with E-state index in [-0.39, 0.29) is 19.0 Å². The standard InChI is InChI=1S/C15H21BrO3/c1-14(2,3)19-13(18)9-15(4,10-17)11-6-5-7-12(16)8-11/h5-8,17H,9-10H2,1-4H3. The van der Waals surface area contributed by atoms with Gasteiger partial charge in [-0.1, -0.05) is 35.0 Å². The van der Waals surface area contributed by atoms with Crippen molar-refractivity contribution in [3.63, 3.8) is 0 Å². The molecule has 0 aliphatic carbocycles. The molecule has 1 unspecified atom stereocenters. The zero-order valence-corrected chi connectivity index (χ0v) is 13.5. The van der Waals surface area contributed by atoms with Crippen LogP contribution in [0.1, 0.15) is 39.7 Å². The number of aliphatic hydroxyl groups is 1. The highest BCUT2D eigenvalue weighted by Crippen LogP contribution is 2.30. The minimum absolute atomic E-state index is 0.108. The number of carbonyl (C=O) groups is 1. The molecule has 0 aromatic heterocycles. The Morgan fingerprint density at radius 3 is 2.42 bits per heavy atom. The summed E-state index contributed by atoms with van der Waals surface area (Å²) in [6.07, 6.45) is 0.150. The van der Waals surface area contributed by atoms with Gasteiger partial charge in [0, 0.05) is 9.89 Å². The Morgan fingerprint density at radius 2 is 1.95 bits per heavy atom. The molecule has 1 aromatic rings. The summed E-state index contributed by atoms with van der Waals surface area (Å²) in [5.74, 6) is -0.302. The summed E-state index contributed by atoms with van der Waals surface area (Å²) >= 11 is 3.40. The number of rotatable bonds is 4. The molecule has 1 N–H and O–H groups in total. The van der Waals surface area contributed by atoms with E-state index in [1.165, 1.54) is 0 Å². The molecule has 0 spiro atoms. The molecule has 1 atom stereocenters. The van der Waals surface area contributed by atoms with Crippen molar-refractivity contribution in [3.05, 3.63) is 34.3 Å². The minimum atomic E-state index is -0.633. The number of aliphatic hydroxyl groups excluding tert-OH is 1. The van der Waals surface area contributed by atoms with Crippen LogP contribution in [0.25, 0.3) is 0 Å². The van der Waals surface area contributed by atoms with Gasteiger partial charge >= 0.3 is 5.97 Å². The van der Waals surface area contributed by atoms with E-state index in [4.69, 9.17) is 4.74 Å². The molecule has 1 aromatic carbocycles. The maximum Gasteiger partial charge on any atom is 0.307 e. The van der Waals surface area contributed by atoms with E-state index in [0.717, 1.165) is 10.0 Å². The third-order valence-electron chi connectivity index (χ3n) is 2.83. The Morgan fingerprint density at radius 1 is 1.32 bits per heavy atom. The Bertz CT molecular complexity index is 451. The Hall–Kier alpha value is -0.870. The van der Waals surface area contributed by atoms with Crippen LogP contribution in [0.15, 0.2) is 28.7 Å². The van der Waals surface area contributed by atoms with Crippen molar-refractivity contribution >= 4 is 21.9 Å². The van der Waals surface area contributed by atoms with Gasteiger partial charge in [0.25, 0.3) is 0 Å². The molecule has 3 nitrogen and oxygen atoms in total. The lowest BCUT2D eigenvalue weighted by molar-refractivity contribution is -0.156. The fourth-order valence-corrected chi connectivity index (χ4v) is 2.21. The molecule has 106 valence electrons. The molecule has 0 amide bonds. The first-order valence-electron chi connectivity index (χ1n) is 6.25. The molecule has 19 heavy (non-hydrogen) atoms. The van der Waals surface area contributed by atoms with E-state index in [0.29, 0.717) is 0 Å². The van der Waals surface area contributed by atoms with Crippen molar-refractivity contribution in [2.24, 2.45) is 0 Å². The fourth-order valence-electron chi connectivity index (χ4n) is 1.81. The van der Waals surface area contributed by atoms with Gasteiger partial charge in [-0.05, 0) is 38.5 Å². The summed E-state index contributed by atoms with van der Waals surface area (Å²) < 4.78 is 6.25. The van der Waals surface area contributed by atoms with E-state index < -0.39 is 11.0 Å². The largest absolute Gasteiger partial charge is 0.460 e. The molecule has 4 heteroatoms. The molecule has 0 saturated carbocycles. The van der Waals surface area contributed by atoms with Crippen LogP contribution in [0, 0.1) is 0 Å². The number of benzene rings is 1. The van der Waals surface area contributed by atoms with E-state index >= 15 is 0 Å². The van der Waals surface area contributed by atoms with Crippen LogP contribution in [-0.4, -0.2) is 23.3 Å². The molecule has 0 radical (unpaired) electrons. The predicted molar refractivity (Wildman–Crippen MR) is 79.0 cm³/mol. The second-order valence-electron chi connectivity index (χ2n) is 5.99. The lowest BCUT2D eigenvalue weighted by Crippen LogP contribution is -2.33. The number of ether oxygens (including phenoxy) is 1. The van der Waals surface area contributed by atoms with Crippen LogP contribution in [0.5, 0.6) is 0 Å². The van der Waals surface area contributed by atoms with Gasteiger partial charge in [-0.2, -0.15) is 0 Å². The van der Waals surface area contributed by atoms with Gasteiger partial charge in [0.05, 0.1) is 13.0 Å². The van der Waals surface area contributed by atoms with Gasteiger partial charge in [0.1, 0.15) is 5.60 Å². The number of hydrogen-bond acceptors (Lipinski definition) is 3. The number of carbonyl (C=O) groups excluding carboxylic acids is 1.